The van der Waals surface area contributed by atoms with Crippen molar-refractivity contribution < 1.29 is 4.40 Å². The largest absolute Gasteiger partial charge is 0.321 e. The number of aromatic nitrogens is 3. The van der Waals surface area contributed by atoms with Gasteiger partial charge in [-0.25, -0.2) is 4.40 Å². The molecule has 0 amide bonds. The molecule has 92 valence electrons. The fourth-order valence-corrected chi connectivity index (χ4v) is 2.69. The zero-order valence-corrected chi connectivity index (χ0v) is 10.7. The van der Waals surface area contributed by atoms with Gasteiger partial charge in [-0.3, -0.25) is 0 Å². The molecule has 4 aromatic rings. The van der Waals surface area contributed by atoms with Gasteiger partial charge in [0.2, 0.25) is 5.82 Å². The number of aromatic amines is 1. The van der Waals surface area contributed by atoms with Gasteiger partial charge in [0.25, 0.3) is 5.65 Å². The number of nitrogens with one attached hydrogen (secondary N) is 1. The first-order chi connectivity index (χ1) is 9.34. The highest BCUT2D eigenvalue weighted by molar-refractivity contribution is 5.86. The van der Waals surface area contributed by atoms with Crippen LogP contribution >= 0.6 is 0 Å². The zero-order chi connectivity index (χ0) is 12.8. The Labute approximate surface area is 110 Å². The van der Waals surface area contributed by atoms with E-state index in [9.17, 15) is 0 Å². The van der Waals surface area contributed by atoms with Crippen LogP contribution in [0, 0.1) is 6.92 Å². The third-order valence-corrected chi connectivity index (χ3v) is 3.67. The van der Waals surface area contributed by atoms with Gasteiger partial charge in [0.15, 0.2) is 0 Å². The average Bonchev–Trinajstić information content (AvgIpc) is 3.01. The minimum Gasteiger partial charge on any atom is -0.321 e. The topological polar surface area (TPSA) is 24.8 Å². The normalized spacial score (nSPS) is 11.4. The highest BCUT2D eigenvalue weighted by Gasteiger charge is 2.16. The molecule has 0 atom stereocenters. The van der Waals surface area contributed by atoms with Crippen molar-refractivity contribution in [2.45, 2.75) is 6.92 Å². The van der Waals surface area contributed by atoms with Crippen LogP contribution in [0.5, 0.6) is 0 Å². The first-order valence-electron chi connectivity index (χ1n) is 6.39. The molecule has 1 N–H and O–H groups in total. The van der Waals surface area contributed by atoms with E-state index in [1.807, 2.05) is 6.07 Å². The lowest BCUT2D eigenvalue weighted by Gasteiger charge is -1.95. The van der Waals surface area contributed by atoms with Crippen LogP contribution in [-0.2, 0) is 0 Å². The van der Waals surface area contributed by atoms with E-state index in [-0.39, 0.29) is 0 Å². The van der Waals surface area contributed by atoms with Gasteiger partial charge >= 0.3 is 0 Å². The summed E-state index contributed by atoms with van der Waals surface area (Å²) >= 11 is 0. The van der Waals surface area contributed by atoms with Gasteiger partial charge in [-0.15, -0.1) is 0 Å². The summed E-state index contributed by atoms with van der Waals surface area (Å²) < 4.78 is 4.31. The molecular weight excluding hydrogens is 234 g/mol. The molecule has 0 aliphatic rings. The Balaban J connectivity index is 2.07. The number of hydrogen-bond donors (Lipinski definition) is 1. The van der Waals surface area contributed by atoms with E-state index in [1.165, 1.54) is 16.5 Å². The second-order valence-corrected chi connectivity index (χ2v) is 4.78. The molecule has 0 fully saturated rings. The van der Waals surface area contributed by atoms with Crippen LogP contribution in [0.25, 0.3) is 22.4 Å². The molecule has 0 bridgehead atoms. The van der Waals surface area contributed by atoms with Crippen LogP contribution in [0.2, 0.25) is 0 Å². The first kappa shape index (κ1) is 10.4. The van der Waals surface area contributed by atoms with E-state index >= 15 is 0 Å². The standard InChI is InChI=1S/C16H14N3/c1-12-13-6-2-3-7-14(13)17-16(12)19-11-10-18-9-5-4-8-15(18)19/h2-11,17H,1H3/q+1. The molecule has 0 aliphatic heterocycles. The monoisotopic (exact) mass is 248 g/mol. The van der Waals surface area contributed by atoms with E-state index in [0.29, 0.717) is 0 Å². The average molecular weight is 248 g/mol. The smallest absolute Gasteiger partial charge is 0.292 e. The molecule has 19 heavy (non-hydrogen) atoms. The lowest BCUT2D eigenvalue weighted by atomic mass is 10.2. The predicted octanol–water partition coefficient (Wildman–Crippen LogP) is 3.01. The van der Waals surface area contributed by atoms with E-state index < -0.39 is 0 Å². The van der Waals surface area contributed by atoms with Crippen molar-refractivity contribution in [3.63, 3.8) is 0 Å². The second-order valence-electron chi connectivity index (χ2n) is 4.78. The van der Waals surface area contributed by atoms with Crippen LogP contribution in [0.4, 0.5) is 0 Å². The predicted molar refractivity (Wildman–Crippen MR) is 75.5 cm³/mol. The van der Waals surface area contributed by atoms with Gasteiger partial charge in [0, 0.05) is 22.5 Å². The van der Waals surface area contributed by atoms with Gasteiger partial charge in [0.1, 0.15) is 12.4 Å². The van der Waals surface area contributed by atoms with Crippen molar-refractivity contribution >= 4 is 16.6 Å². The summed E-state index contributed by atoms with van der Waals surface area (Å²) in [7, 11) is 0. The van der Waals surface area contributed by atoms with Gasteiger partial charge in [0.05, 0.1) is 6.20 Å². The lowest BCUT2D eigenvalue weighted by Crippen LogP contribution is -2.17. The maximum absolute atomic E-state index is 3.51. The van der Waals surface area contributed by atoms with Gasteiger partial charge in [-0.1, -0.05) is 24.3 Å². The summed E-state index contributed by atoms with van der Waals surface area (Å²) in [4.78, 5) is 3.51. The third kappa shape index (κ3) is 1.41. The van der Waals surface area contributed by atoms with Crippen LogP contribution in [0.15, 0.2) is 61.1 Å². The summed E-state index contributed by atoms with van der Waals surface area (Å²) in [6, 6.07) is 14.6. The summed E-state index contributed by atoms with van der Waals surface area (Å²) in [5.41, 5.74) is 3.60. The number of fused-ring (bicyclic) bond motifs is 2. The lowest BCUT2D eigenvalue weighted by molar-refractivity contribution is -0.510. The molecule has 3 heteroatoms. The van der Waals surface area contributed by atoms with Crippen molar-refractivity contribution in [1.82, 2.24) is 9.55 Å². The number of imidazole rings is 1. The van der Waals surface area contributed by atoms with Crippen molar-refractivity contribution in [2.75, 3.05) is 0 Å². The minimum atomic E-state index is 1.13. The van der Waals surface area contributed by atoms with Crippen LogP contribution in [0.3, 0.4) is 0 Å². The molecule has 3 aromatic heterocycles. The minimum absolute atomic E-state index is 1.13. The fraction of sp³-hybridized carbons (Fsp3) is 0.0625. The molecular formula is C16H14N3+. The number of para-hydroxylation sites is 1. The van der Waals surface area contributed by atoms with Crippen LogP contribution in [-0.4, -0.2) is 9.55 Å². The fourth-order valence-electron chi connectivity index (χ4n) is 2.69. The van der Waals surface area contributed by atoms with Crippen molar-refractivity contribution in [2.24, 2.45) is 0 Å². The quantitative estimate of drug-likeness (QED) is 0.501. The van der Waals surface area contributed by atoms with E-state index in [2.05, 4.69) is 75.9 Å². The Morgan fingerprint density at radius 2 is 1.84 bits per heavy atom. The number of H-pyrrole nitrogens is 1. The van der Waals surface area contributed by atoms with Gasteiger partial charge < -0.3 is 4.98 Å². The van der Waals surface area contributed by atoms with E-state index in [1.54, 1.807) is 0 Å². The first-order valence-corrected chi connectivity index (χ1v) is 6.39. The van der Waals surface area contributed by atoms with Crippen molar-refractivity contribution in [3.05, 3.63) is 66.6 Å². The highest BCUT2D eigenvalue weighted by Crippen LogP contribution is 2.24. The summed E-state index contributed by atoms with van der Waals surface area (Å²) in [6.07, 6.45) is 6.22. The Morgan fingerprint density at radius 3 is 2.74 bits per heavy atom. The molecule has 0 saturated carbocycles. The van der Waals surface area contributed by atoms with Crippen molar-refractivity contribution in [1.29, 1.82) is 0 Å². The molecule has 0 aliphatic carbocycles. The molecule has 0 unspecified atom stereocenters. The van der Waals surface area contributed by atoms with Crippen LogP contribution in [0.1, 0.15) is 5.56 Å². The highest BCUT2D eigenvalue weighted by atomic mass is 15.1. The Hall–Kier alpha value is -2.55. The van der Waals surface area contributed by atoms with Gasteiger partial charge in [-0.2, -0.15) is 4.57 Å². The van der Waals surface area contributed by atoms with Crippen molar-refractivity contribution in [3.8, 4) is 5.82 Å². The Bertz CT molecular complexity index is 883. The summed E-state index contributed by atoms with van der Waals surface area (Å²) in [6.45, 7) is 2.16. The maximum Gasteiger partial charge on any atom is 0.292 e. The summed E-state index contributed by atoms with van der Waals surface area (Å²) in [5.74, 6) is 1.13. The second kappa shape index (κ2) is 3.72. The van der Waals surface area contributed by atoms with Gasteiger partial charge in [-0.05, 0) is 19.1 Å². The Morgan fingerprint density at radius 1 is 1.00 bits per heavy atom. The van der Waals surface area contributed by atoms with E-state index in [0.717, 1.165) is 11.5 Å². The number of benzene rings is 1. The zero-order valence-electron chi connectivity index (χ0n) is 10.7. The maximum atomic E-state index is 3.51. The summed E-state index contributed by atoms with van der Waals surface area (Å²) in [5, 5.41) is 1.28. The molecule has 0 radical (unpaired) electrons. The molecule has 1 aromatic carbocycles. The van der Waals surface area contributed by atoms with Crippen LogP contribution < -0.4 is 4.40 Å². The SMILES string of the molecule is Cc1c(-n2cc[n+]3ccccc23)[nH]c2ccccc12. The number of aryl methyl sites for hydroxylation is 1. The molecule has 0 saturated heterocycles. The van der Waals surface area contributed by atoms with E-state index in [4.69, 9.17) is 0 Å². The number of pyridine rings is 1. The molecule has 3 nitrogen and oxygen atoms in total. The number of nitrogens with zero attached hydrogens (tertiary/aromatic N) is 2. The number of rotatable bonds is 1. The third-order valence-electron chi connectivity index (χ3n) is 3.67. The Kier molecular flexibility index (Phi) is 2.03. The molecule has 4 rings (SSSR count). The number of hydrogen-bond acceptors (Lipinski definition) is 0. The molecule has 0 spiro atoms. The molecule has 3 heterocycles.